The Balaban J connectivity index is 2.49. The minimum absolute atomic E-state index is 0.0469. The molecular weight excluding hydrogens is 332 g/mol. The number of nitrogens with zero attached hydrogens (tertiary/aromatic N) is 2. The van der Waals surface area contributed by atoms with E-state index >= 15 is 0 Å². The van der Waals surface area contributed by atoms with Gasteiger partial charge in [-0.25, -0.2) is 17.6 Å². The fourth-order valence-electron chi connectivity index (χ4n) is 3.00. The molecule has 0 fully saturated rings. The van der Waals surface area contributed by atoms with E-state index in [1.165, 1.54) is 6.08 Å². The summed E-state index contributed by atoms with van der Waals surface area (Å²) in [6, 6.07) is 1.75. The van der Waals surface area contributed by atoms with Crippen LogP contribution in [0, 0.1) is 18.6 Å². The Bertz CT molecular complexity index is 735. The average molecular weight is 354 g/mol. The number of aliphatic imine (C=N–C) groups is 1. The number of likely N-dealkylation sites (N-methyl/N-ethyl adjacent to an activating group) is 1. The van der Waals surface area contributed by atoms with Crippen LogP contribution in [0.4, 0.5) is 23.2 Å². The van der Waals surface area contributed by atoms with Gasteiger partial charge in [0.1, 0.15) is 0 Å². The van der Waals surface area contributed by atoms with Crippen LogP contribution in [0.25, 0.3) is 0 Å². The molecule has 0 spiro atoms. The van der Waals surface area contributed by atoms with Gasteiger partial charge in [-0.1, -0.05) is 13.8 Å². The first-order valence-electron chi connectivity index (χ1n) is 8.25. The second-order valence-electron chi connectivity index (χ2n) is 6.08. The van der Waals surface area contributed by atoms with Crippen molar-refractivity contribution in [2.45, 2.75) is 46.1 Å². The minimum atomic E-state index is -2.56. The highest BCUT2D eigenvalue weighted by Gasteiger charge is 2.27. The lowest BCUT2D eigenvalue weighted by Gasteiger charge is -2.32. The Morgan fingerprint density at radius 3 is 2.40 bits per heavy atom. The van der Waals surface area contributed by atoms with Gasteiger partial charge in [0.05, 0.1) is 11.7 Å². The molecule has 2 rings (SSSR count). The highest BCUT2D eigenvalue weighted by molar-refractivity contribution is 6.04. The zero-order chi connectivity index (χ0) is 18.7. The van der Waals surface area contributed by atoms with E-state index in [2.05, 4.69) is 4.99 Å². The molecule has 0 N–H and O–H groups in total. The second kappa shape index (κ2) is 7.85. The first-order valence-corrected chi connectivity index (χ1v) is 8.25. The minimum Gasteiger partial charge on any atom is -0.373 e. The SMILES string of the molecule is CCC(=Nc1cc(F)c(F)cc1C)C1=CN(C)C(CC)C(C(F)F)=C1. The molecule has 0 amide bonds. The molecule has 6 heteroatoms. The third-order valence-electron chi connectivity index (χ3n) is 4.34. The molecule has 0 saturated carbocycles. The standard InChI is InChI=1S/C19H22F4N2/c1-5-16(24-17-9-15(21)14(20)7-11(17)3)12-8-13(19(22)23)18(6-2)25(4)10-12/h7-10,18-19H,5-6H2,1-4H3. The van der Waals surface area contributed by atoms with Crippen molar-refractivity contribution in [1.82, 2.24) is 4.90 Å². The summed E-state index contributed by atoms with van der Waals surface area (Å²) >= 11 is 0. The predicted octanol–water partition coefficient (Wildman–Crippen LogP) is 5.56. The van der Waals surface area contributed by atoms with Gasteiger partial charge >= 0.3 is 0 Å². The van der Waals surface area contributed by atoms with E-state index in [-0.39, 0.29) is 11.6 Å². The molecule has 25 heavy (non-hydrogen) atoms. The van der Waals surface area contributed by atoms with Crippen molar-refractivity contribution in [2.75, 3.05) is 7.05 Å². The Labute approximate surface area is 145 Å². The van der Waals surface area contributed by atoms with Crippen LogP contribution in [0.3, 0.4) is 0 Å². The van der Waals surface area contributed by atoms with E-state index in [4.69, 9.17) is 0 Å². The molecule has 1 aromatic carbocycles. The van der Waals surface area contributed by atoms with Gasteiger partial charge in [0.15, 0.2) is 11.6 Å². The lowest BCUT2D eigenvalue weighted by molar-refractivity contribution is 0.162. The average Bonchev–Trinajstić information content (AvgIpc) is 2.56. The van der Waals surface area contributed by atoms with Gasteiger partial charge in [-0.2, -0.15) is 0 Å². The third kappa shape index (κ3) is 4.11. The monoisotopic (exact) mass is 354 g/mol. The highest BCUT2D eigenvalue weighted by atomic mass is 19.3. The number of benzene rings is 1. The van der Waals surface area contributed by atoms with E-state index in [9.17, 15) is 17.6 Å². The molecule has 1 aromatic rings. The van der Waals surface area contributed by atoms with E-state index < -0.39 is 18.1 Å². The number of alkyl halides is 2. The van der Waals surface area contributed by atoms with Gasteiger partial charge in [0.25, 0.3) is 6.43 Å². The van der Waals surface area contributed by atoms with Crippen molar-refractivity contribution in [2.24, 2.45) is 4.99 Å². The predicted molar refractivity (Wildman–Crippen MR) is 92.5 cm³/mol. The molecule has 1 atom stereocenters. The van der Waals surface area contributed by atoms with E-state index in [1.807, 2.05) is 13.8 Å². The molecule has 2 nitrogen and oxygen atoms in total. The van der Waals surface area contributed by atoms with Crippen LogP contribution in [0.2, 0.25) is 0 Å². The Kier molecular flexibility index (Phi) is 6.03. The number of allylic oxidation sites excluding steroid dienone is 2. The summed E-state index contributed by atoms with van der Waals surface area (Å²) < 4.78 is 53.6. The molecule has 0 radical (unpaired) electrons. The summed E-state index contributed by atoms with van der Waals surface area (Å²) in [4.78, 5) is 6.16. The van der Waals surface area contributed by atoms with Gasteiger partial charge in [-0.3, -0.25) is 4.99 Å². The number of halogens is 4. The van der Waals surface area contributed by atoms with Crippen LogP contribution in [0.1, 0.15) is 32.3 Å². The second-order valence-corrected chi connectivity index (χ2v) is 6.08. The normalized spacial score (nSPS) is 18.5. The molecule has 136 valence electrons. The van der Waals surface area contributed by atoms with Crippen LogP contribution in [0.15, 0.2) is 40.5 Å². The number of aryl methyl sites for hydroxylation is 1. The van der Waals surface area contributed by atoms with E-state index in [0.29, 0.717) is 35.4 Å². The van der Waals surface area contributed by atoms with Crippen molar-refractivity contribution < 1.29 is 17.6 Å². The topological polar surface area (TPSA) is 15.6 Å². The lowest BCUT2D eigenvalue weighted by Crippen LogP contribution is -2.34. The van der Waals surface area contributed by atoms with E-state index in [0.717, 1.165) is 12.1 Å². The molecular formula is C19H22F4N2. The molecule has 0 aromatic heterocycles. The van der Waals surface area contributed by atoms with E-state index in [1.54, 1.807) is 25.1 Å². The first kappa shape index (κ1) is 19.2. The van der Waals surface area contributed by atoms with Gasteiger partial charge in [0, 0.05) is 36.2 Å². The summed E-state index contributed by atoms with van der Waals surface area (Å²) in [5.74, 6) is -1.92. The largest absolute Gasteiger partial charge is 0.373 e. The summed E-state index contributed by atoms with van der Waals surface area (Å²) in [6.07, 6.45) is 1.73. The van der Waals surface area contributed by atoms with Gasteiger partial charge < -0.3 is 4.90 Å². The van der Waals surface area contributed by atoms with Gasteiger partial charge in [0.2, 0.25) is 0 Å². The molecule has 1 aliphatic heterocycles. The summed E-state index contributed by atoms with van der Waals surface area (Å²) in [5, 5.41) is 0. The summed E-state index contributed by atoms with van der Waals surface area (Å²) in [7, 11) is 1.75. The highest BCUT2D eigenvalue weighted by Crippen LogP contribution is 2.29. The Hall–Kier alpha value is -2.11. The molecule has 0 saturated heterocycles. The van der Waals surface area contributed by atoms with Crippen LogP contribution in [-0.4, -0.2) is 30.1 Å². The molecule has 1 unspecified atom stereocenters. The quantitative estimate of drug-likeness (QED) is 0.500. The zero-order valence-electron chi connectivity index (χ0n) is 14.8. The van der Waals surface area contributed by atoms with Crippen molar-refractivity contribution >= 4 is 11.4 Å². The van der Waals surface area contributed by atoms with Crippen molar-refractivity contribution in [3.63, 3.8) is 0 Å². The molecule has 1 heterocycles. The Morgan fingerprint density at radius 2 is 1.84 bits per heavy atom. The van der Waals surface area contributed by atoms with Crippen molar-refractivity contribution in [3.8, 4) is 0 Å². The lowest BCUT2D eigenvalue weighted by atomic mass is 9.95. The number of rotatable bonds is 5. The summed E-state index contributed by atoms with van der Waals surface area (Å²) in [6.45, 7) is 5.33. The molecule has 1 aliphatic rings. The maximum atomic E-state index is 13.5. The maximum Gasteiger partial charge on any atom is 0.262 e. The number of hydrogen-bond acceptors (Lipinski definition) is 2. The van der Waals surface area contributed by atoms with Crippen LogP contribution in [-0.2, 0) is 0 Å². The molecule has 0 bridgehead atoms. The van der Waals surface area contributed by atoms with Crippen LogP contribution < -0.4 is 0 Å². The maximum absolute atomic E-state index is 13.5. The smallest absolute Gasteiger partial charge is 0.262 e. The van der Waals surface area contributed by atoms with Crippen molar-refractivity contribution in [1.29, 1.82) is 0 Å². The van der Waals surface area contributed by atoms with Crippen molar-refractivity contribution in [3.05, 3.63) is 52.8 Å². The van der Waals surface area contributed by atoms with Gasteiger partial charge in [-0.15, -0.1) is 0 Å². The fraction of sp³-hybridized carbons (Fsp3) is 0.421. The van der Waals surface area contributed by atoms with Gasteiger partial charge in [-0.05, 0) is 37.5 Å². The van der Waals surface area contributed by atoms with Crippen LogP contribution in [0.5, 0.6) is 0 Å². The Morgan fingerprint density at radius 1 is 1.20 bits per heavy atom. The fourth-order valence-corrected chi connectivity index (χ4v) is 3.00. The number of hydrogen-bond donors (Lipinski definition) is 0. The molecule has 0 aliphatic carbocycles. The first-order chi connectivity index (χ1) is 11.8. The third-order valence-corrected chi connectivity index (χ3v) is 4.34. The zero-order valence-corrected chi connectivity index (χ0v) is 14.8. The summed E-state index contributed by atoms with van der Waals surface area (Å²) in [5.41, 5.74) is 1.94. The van der Waals surface area contributed by atoms with Crippen LogP contribution >= 0.6 is 0 Å².